The van der Waals surface area contributed by atoms with Crippen molar-refractivity contribution < 1.29 is 9.18 Å². The standard InChI is InChI=1S/C22H23FN4O/c1-14-6-11-18-20(26-17-9-7-16(23)8-10-17)19(13-24-21(18)25-14)22(28)27-12-4-3-5-15(27)2/h6-11,13,15H,3-5,12H2,1-2H3,(H,24,25,26)/t15-/m0/s1. The molecule has 0 aliphatic carbocycles. The van der Waals surface area contributed by atoms with E-state index in [0.29, 0.717) is 22.6 Å². The maximum atomic E-state index is 13.4. The lowest BCUT2D eigenvalue weighted by atomic mass is 10.0. The first-order valence-corrected chi connectivity index (χ1v) is 9.63. The van der Waals surface area contributed by atoms with Gasteiger partial charge in [0.05, 0.1) is 11.3 Å². The molecule has 0 spiro atoms. The van der Waals surface area contributed by atoms with Crippen LogP contribution in [-0.4, -0.2) is 33.4 Å². The number of pyridine rings is 2. The van der Waals surface area contributed by atoms with Gasteiger partial charge in [0.15, 0.2) is 5.65 Å². The lowest BCUT2D eigenvalue weighted by Crippen LogP contribution is -2.42. The van der Waals surface area contributed by atoms with Crippen molar-refractivity contribution in [1.29, 1.82) is 0 Å². The minimum atomic E-state index is -0.305. The van der Waals surface area contributed by atoms with Crippen molar-refractivity contribution in [3.63, 3.8) is 0 Å². The molecule has 1 fully saturated rings. The van der Waals surface area contributed by atoms with Crippen molar-refractivity contribution in [2.24, 2.45) is 0 Å². The van der Waals surface area contributed by atoms with E-state index in [-0.39, 0.29) is 17.8 Å². The molecule has 1 aliphatic heterocycles. The number of rotatable bonds is 3. The average Bonchev–Trinajstić information content (AvgIpc) is 2.69. The predicted molar refractivity (Wildman–Crippen MR) is 108 cm³/mol. The van der Waals surface area contributed by atoms with Crippen LogP contribution in [0.2, 0.25) is 0 Å². The Morgan fingerprint density at radius 1 is 1.18 bits per heavy atom. The molecule has 5 nitrogen and oxygen atoms in total. The average molecular weight is 378 g/mol. The Kier molecular flexibility index (Phi) is 4.94. The van der Waals surface area contributed by atoms with E-state index in [1.54, 1.807) is 18.3 Å². The molecule has 0 radical (unpaired) electrons. The summed E-state index contributed by atoms with van der Waals surface area (Å²) < 4.78 is 13.3. The van der Waals surface area contributed by atoms with Gasteiger partial charge in [-0.05, 0) is 69.5 Å². The molecule has 1 amide bonds. The van der Waals surface area contributed by atoms with Crippen LogP contribution in [0.25, 0.3) is 11.0 Å². The molecule has 0 saturated carbocycles. The van der Waals surface area contributed by atoms with Crippen molar-refractivity contribution in [3.05, 3.63) is 59.7 Å². The van der Waals surface area contributed by atoms with E-state index in [4.69, 9.17) is 0 Å². The first-order valence-electron chi connectivity index (χ1n) is 9.63. The van der Waals surface area contributed by atoms with Gasteiger partial charge in [-0.3, -0.25) is 4.79 Å². The summed E-state index contributed by atoms with van der Waals surface area (Å²) in [5.41, 5.74) is 3.31. The third-order valence-electron chi connectivity index (χ3n) is 5.28. The normalized spacial score (nSPS) is 17.0. The van der Waals surface area contributed by atoms with Crippen molar-refractivity contribution in [3.8, 4) is 0 Å². The summed E-state index contributed by atoms with van der Waals surface area (Å²) >= 11 is 0. The maximum Gasteiger partial charge on any atom is 0.257 e. The Balaban J connectivity index is 1.81. The molecule has 6 heteroatoms. The number of carbonyl (C=O) groups is 1. The van der Waals surface area contributed by atoms with Gasteiger partial charge in [-0.15, -0.1) is 0 Å². The van der Waals surface area contributed by atoms with Crippen LogP contribution in [0.15, 0.2) is 42.6 Å². The fraction of sp³-hybridized carbons (Fsp3) is 0.318. The zero-order valence-corrected chi connectivity index (χ0v) is 16.1. The third kappa shape index (κ3) is 3.54. The number of fused-ring (bicyclic) bond motifs is 1. The monoisotopic (exact) mass is 378 g/mol. The van der Waals surface area contributed by atoms with Gasteiger partial charge in [-0.1, -0.05) is 0 Å². The molecule has 1 aliphatic rings. The van der Waals surface area contributed by atoms with Crippen LogP contribution >= 0.6 is 0 Å². The van der Waals surface area contributed by atoms with Crippen LogP contribution in [0.5, 0.6) is 0 Å². The number of nitrogens with zero attached hydrogens (tertiary/aromatic N) is 3. The van der Waals surface area contributed by atoms with Gasteiger partial charge in [-0.2, -0.15) is 0 Å². The molecule has 2 aromatic heterocycles. The van der Waals surface area contributed by atoms with E-state index < -0.39 is 0 Å². The minimum absolute atomic E-state index is 0.0354. The number of hydrogen-bond acceptors (Lipinski definition) is 4. The Labute approximate surface area is 163 Å². The number of aromatic nitrogens is 2. The van der Waals surface area contributed by atoms with Crippen LogP contribution < -0.4 is 5.32 Å². The first kappa shape index (κ1) is 18.3. The molecule has 3 aromatic rings. The number of nitrogens with one attached hydrogen (secondary N) is 1. The number of piperidine rings is 1. The van der Waals surface area contributed by atoms with Gasteiger partial charge >= 0.3 is 0 Å². The second-order valence-electron chi connectivity index (χ2n) is 7.35. The highest BCUT2D eigenvalue weighted by Gasteiger charge is 2.27. The van der Waals surface area contributed by atoms with Gasteiger partial charge in [0.25, 0.3) is 5.91 Å². The zero-order valence-electron chi connectivity index (χ0n) is 16.1. The Morgan fingerprint density at radius 2 is 1.96 bits per heavy atom. The minimum Gasteiger partial charge on any atom is -0.354 e. The van der Waals surface area contributed by atoms with Crippen LogP contribution in [-0.2, 0) is 0 Å². The van der Waals surface area contributed by atoms with Crippen LogP contribution in [0, 0.1) is 12.7 Å². The zero-order chi connectivity index (χ0) is 19.7. The second kappa shape index (κ2) is 7.54. The van der Waals surface area contributed by atoms with Gasteiger partial charge in [-0.25, -0.2) is 14.4 Å². The van der Waals surface area contributed by atoms with Gasteiger partial charge in [0.1, 0.15) is 5.82 Å². The van der Waals surface area contributed by atoms with E-state index in [0.717, 1.165) is 36.9 Å². The van der Waals surface area contributed by atoms with Crippen molar-refractivity contribution in [2.45, 2.75) is 39.2 Å². The highest BCUT2D eigenvalue weighted by molar-refractivity contribution is 6.07. The SMILES string of the molecule is Cc1ccc2c(Nc3ccc(F)cc3)c(C(=O)N3CCCC[C@@H]3C)cnc2n1. The van der Waals surface area contributed by atoms with Crippen molar-refractivity contribution in [1.82, 2.24) is 14.9 Å². The summed E-state index contributed by atoms with van der Waals surface area (Å²) in [6.45, 7) is 4.74. The molecule has 1 saturated heterocycles. The number of hydrogen-bond donors (Lipinski definition) is 1. The van der Waals surface area contributed by atoms with Crippen LogP contribution in [0.4, 0.5) is 15.8 Å². The van der Waals surface area contributed by atoms with Crippen LogP contribution in [0.1, 0.15) is 42.2 Å². The quantitative estimate of drug-likeness (QED) is 0.709. The molecule has 1 N–H and O–H groups in total. The summed E-state index contributed by atoms with van der Waals surface area (Å²) in [5.74, 6) is -0.340. The number of amides is 1. The summed E-state index contributed by atoms with van der Waals surface area (Å²) in [6, 6.07) is 10.1. The highest BCUT2D eigenvalue weighted by atomic mass is 19.1. The van der Waals surface area contributed by atoms with E-state index >= 15 is 0 Å². The molecule has 3 heterocycles. The fourth-order valence-electron chi connectivity index (χ4n) is 3.70. The van der Waals surface area contributed by atoms with Crippen LogP contribution in [0.3, 0.4) is 0 Å². The summed E-state index contributed by atoms with van der Waals surface area (Å²) in [6.07, 6.45) is 4.77. The van der Waals surface area contributed by atoms with Crippen molar-refractivity contribution >= 4 is 28.3 Å². The number of carbonyl (C=O) groups excluding carboxylic acids is 1. The molecule has 1 atom stereocenters. The van der Waals surface area contributed by atoms with Gasteiger partial charge in [0, 0.05) is 35.6 Å². The molecule has 4 rings (SSSR count). The molecule has 0 unspecified atom stereocenters. The van der Waals surface area contributed by atoms with E-state index in [1.807, 2.05) is 24.0 Å². The number of likely N-dealkylation sites (tertiary alicyclic amines) is 1. The van der Waals surface area contributed by atoms with Crippen molar-refractivity contribution in [2.75, 3.05) is 11.9 Å². The maximum absolute atomic E-state index is 13.4. The molecule has 0 bridgehead atoms. The Bertz CT molecular complexity index is 1020. The molecular formula is C22H23FN4O. The van der Waals surface area contributed by atoms with E-state index in [9.17, 15) is 9.18 Å². The topological polar surface area (TPSA) is 58.1 Å². The molecular weight excluding hydrogens is 355 g/mol. The summed E-state index contributed by atoms with van der Waals surface area (Å²) in [7, 11) is 0. The van der Waals surface area contributed by atoms with Gasteiger partial charge < -0.3 is 10.2 Å². The summed E-state index contributed by atoms with van der Waals surface area (Å²) in [5, 5.41) is 4.07. The predicted octanol–water partition coefficient (Wildman–Crippen LogP) is 4.84. The molecule has 144 valence electrons. The fourth-order valence-corrected chi connectivity index (χ4v) is 3.70. The Morgan fingerprint density at radius 3 is 2.71 bits per heavy atom. The number of aryl methyl sites for hydroxylation is 1. The number of anilines is 2. The highest BCUT2D eigenvalue weighted by Crippen LogP contribution is 2.31. The lowest BCUT2D eigenvalue weighted by Gasteiger charge is -2.34. The number of halogens is 1. The second-order valence-corrected chi connectivity index (χ2v) is 7.35. The first-order chi connectivity index (χ1) is 13.5. The Hall–Kier alpha value is -3.02. The van der Waals surface area contributed by atoms with Gasteiger partial charge in [0.2, 0.25) is 0 Å². The van der Waals surface area contributed by atoms with E-state index in [1.165, 1.54) is 12.1 Å². The third-order valence-corrected chi connectivity index (χ3v) is 5.28. The molecule has 28 heavy (non-hydrogen) atoms. The summed E-state index contributed by atoms with van der Waals surface area (Å²) in [4.78, 5) is 24.2. The number of benzene rings is 1. The molecule has 1 aromatic carbocycles. The lowest BCUT2D eigenvalue weighted by molar-refractivity contribution is 0.0636. The largest absolute Gasteiger partial charge is 0.354 e. The smallest absolute Gasteiger partial charge is 0.257 e. The van der Waals surface area contributed by atoms with E-state index in [2.05, 4.69) is 22.2 Å².